The van der Waals surface area contributed by atoms with Gasteiger partial charge < -0.3 is 10.4 Å². The first-order valence-electron chi connectivity index (χ1n) is 7.71. The zero-order chi connectivity index (χ0) is 14.2. The third kappa shape index (κ3) is 4.63. The van der Waals surface area contributed by atoms with Crippen LogP contribution in [0.25, 0.3) is 0 Å². The van der Waals surface area contributed by atoms with Gasteiger partial charge in [0.05, 0.1) is 17.7 Å². The lowest BCUT2D eigenvalue weighted by molar-refractivity contribution is 0.167. The molecule has 20 heavy (non-hydrogen) atoms. The van der Waals surface area contributed by atoms with Crippen molar-refractivity contribution in [2.45, 2.75) is 57.1 Å². The molecule has 0 bridgehead atoms. The molecular weight excluding hydrogens is 248 g/mol. The van der Waals surface area contributed by atoms with E-state index in [0.29, 0.717) is 18.2 Å². The highest BCUT2D eigenvalue weighted by molar-refractivity contribution is 5.32. The van der Waals surface area contributed by atoms with E-state index in [1.165, 1.54) is 44.9 Å². The van der Waals surface area contributed by atoms with Crippen LogP contribution in [0.15, 0.2) is 24.3 Å². The fourth-order valence-electron chi connectivity index (χ4n) is 2.84. The Morgan fingerprint density at radius 3 is 2.30 bits per heavy atom. The van der Waals surface area contributed by atoms with Gasteiger partial charge >= 0.3 is 0 Å². The van der Waals surface area contributed by atoms with Gasteiger partial charge in [-0.15, -0.1) is 0 Å². The molecule has 3 nitrogen and oxygen atoms in total. The second-order valence-electron chi connectivity index (χ2n) is 5.70. The average molecular weight is 272 g/mol. The van der Waals surface area contributed by atoms with Crippen LogP contribution >= 0.6 is 0 Å². The van der Waals surface area contributed by atoms with E-state index in [2.05, 4.69) is 11.4 Å². The highest BCUT2D eigenvalue weighted by Gasteiger charge is 2.13. The molecule has 3 heteroatoms. The zero-order valence-corrected chi connectivity index (χ0v) is 12.0. The summed E-state index contributed by atoms with van der Waals surface area (Å²) in [4.78, 5) is 0. The first kappa shape index (κ1) is 15.0. The quantitative estimate of drug-likeness (QED) is 0.884. The van der Waals surface area contributed by atoms with Crippen LogP contribution in [0.1, 0.15) is 62.2 Å². The van der Waals surface area contributed by atoms with Crippen molar-refractivity contribution in [2.24, 2.45) is 0 Å². The number of nitrogens with zero attached hydrogens (tertiary/aromatic N) is 1. The largest absolute Gasteiger partial charge is 0.387 e. The number of aliphatic hydroxyl groups is 1. The molecule has 0 spiro atoms. The third-order valence-electron chi connectivity index (χ3n) is 4.13. The summed E-state index contributed by atoms with van der Waals surface area (Å²) in [6.07, 6.45) is 8.61. The van der Waals surface area contributed by atoms with Gasteiger partial charge in [0.1, 0.15) is 0 Å². The topological polar surface area (TPSA) is 56.0 Å². The minimum Gasteiger partial charge on any atom is -0.387 e. The van der Waals surface area contributed by atoms with Crippen molar-refractivity contribution in [1.29, 1.82) is 5.26 Å². The Labute approximate surface area is 121 Å². The molecule has 1 atom stereocenters. The second kappa shape index (κ2) is 8.04. The van der Waals surface area contributed by atoms with Gasteiger partial charge in [0, 0.05) is 12.6 Å². The molecule has 2 rings (SSSR count). The minimum absolute atomic E-state index is 0.492. The Bertz CT molecular complexity index is 427. The maximum Gasteiger partial charge on any atom is 0.0991 e. The minimum atomic E-state index is -0.492. The Kier molecular flexibility index (Phi) is 6.04. The molecule has 0 saturated heterocycles. The van der Waals surface area contributed by atoms with Gasteiger partial charge in [0.15, 0.2) is 0 Å². The van der Waals surface area contributed by atoms with E-state index in [1.54, 1.807) is 12.1 Å². The van der Waals surface area contributed by atoms with E-state index >= 15 is 0 Å². The molecule has 1 aromatic rings. The Morgan fingerprint density at radius 2 is 1.70 bits per heavy atom. The summed E-state index contributed by atoms with van der Waals surface area (Å²) in [5, 5.41) is 22.5. The van der Waals surface area contributed by atoms with Crippen LogP contribution in [0.3, 0.4) is 0 Å². The van der Waals surface area contributed by atoms with Crippen LogP contribution in [0, 0.1) is 11.3 Å². The summed E-state index contributed by atoms with van der Waals surface area (Å²) >= 11 is 0. The summed E-state index contributed by atoms with van der Waals surface area (Å²) < 4.78 is 0. The number of nitriles is 1. The fourth-order valence-corrected chi connectivity index (χ4v) is 2.84. The smallest absolute Gasteiger partial charge is 0.0991 e. The van der Waals surface area contributed by atoms with Crippen LogP contribution in [-0.4, -0.2) is 17.7 Å². The molecule has 0 aliphatic heterocycles. The lowest BCUT2D eigenvalue weighted by Crippen LogP contribution is -2.33. The highest BCUT2D eigenvalue weighted by atomic mass is 16.3. The van der Waals surface area contributed by atoms with Gasteiger partial charge in [0.25, 0.3) is 0 Å². The van der Waals surface area contributed by atoms with Crippen molar-refractivity contribution in [3.63, 3.8) is 0 Å². The summed E-state index contributed by atoms with van der Waals surface area (Å²) in [6, 6.07) is 9.83. The maximum atomic E-state index is 10.2. The molecule has 1 aliphatic rings. The number of hydrogen-bond acceptors (Lipinski definition) is 3. The predicted molar refractivity (Wildman–Crippen MR) is 80.2 cm³/mol. The number of nitrogens with one attached hydrogen (secondary N) is 1. The molecule has 1 aromatic carbocycles. The number of rotatable bonds is 4. The van der Waals surface area contributed by atoms with Crippen molar-refractivity contribution in [2.75, 3.05) is 6.54 Å². The maximum absolute atomic E-state index is 10.2. The molecule has 2 N–H and O–H groups in total. The Hall–Kier alpha value is -1.37. The number of benzene rings is 1. The first-order valence-corrected chi connectivity index (χ1v) is 7.71. The van der Waals surface area contributed by atoms with Crippen molar-refractivity contribution < 1.29 is 5.11 Å². The van der Waals surface area contributed by atoms with Crippen LogP contribution < -0.4 is 5.32 Å². The number of hydrogen-bond donors (Lipinski definition) is 2. The molecule has 0 amide bonds. The van der Waals surface area contributed by atoms with Crippen molar-refractivity contribution in [1.82, 2.24) is 5.32 Å². The summed E-state index contributed by atoms with van der Waals surface area (Å²) in [5.41, 5.74) is 1.51. The van der Waals surface area contributed by atoms with E-state index in [9.17, 15) is 5.11 Å². The van der Waals surface area contributed by atoms with E-state index < -0.39 is 6.10 Å². The van der Waals surface area contributed by atoms with Gasteiger partial charge in [-0.05, 0) is 30.5 Å². The fraction of sp³-hybridized carbons (Fsp3) is 0.588. The molecule has 1 aliphatic carbocycles. The summed E-state index contributed by atoms with van der Waals surface area (Å²) in [7, 11) is 0. The Balaban J connectivity index is 1.81. The SMILES string of the molecule is N#Cc1ccc(C(O)CNC2CCCCCCC2)cc1. The van der Waals surface area contributed by atoms with Gasteiger partial charge in [-0.2, -0.15) is 5.26 Å². The molecule has 0 heterocycles. The molecule has 1 unspecified atom stereocenters. The van der Waals surface area contributed by atoms with Crippen LogP contribution in [0.2, 0.25) is 0 Å². The van der Waals surface area contributed by atoms with Gasteiger partial charge in [0.2, 0.25) is 0 Å². The molecule has 108 valence electrons. The molecule has 0 radical (unpaired) electrons. The number of aliphatic hydroxyl groups excluding tert-OH is 1. The van der Waals surface area contributed by atoms with E-state index in [-0.39, 0.29) is 0 Å². The van der Waals surface area contributed by atoms with Gasteiger partial charge in [-0.1, -0.05) is 44.2 Å². The molecular formula is C17H24N2O. The standard InChI is InChI=1S/C17H24N2O/c18-12-14-8-10-15(11-9-14)17(20)13-19-16-6-4-2-1-3-5-7-16/h8-11,16-17,19-20H,1-7,13H2. The second-order valence-corrected chi connectivity index (χ2v) is 5.70. The molecule has 1 fully saturated rings. The van der Waals surface area contributed by atoms with Crippen molar-refractivity contribution in [3.8, 4) is 6.07 Å². The van der Waals surface area contributed by atoms with Gasteiger partial charge in [-0.3, -0.25) is 0 Å². The monoisotopic (exact) mass is 272 g/mol. The zero-order valence-electron chi connectivity index (χ0n) is 12.0. The Morgan fingerprint density at radius 1 is 1.10 bits per heavy atom. The van der Waals surface area contributed by atoms with Gasteiger partial charge in [-0.25, -0.2) is 0 Å². The summed E-state index contributed by atoms with van der Waals surface area (Å²) in [5.74, 6) is 0. The van der Waals surface area contributed by atoms with Crippen LogP contribution in [-0.2, 0) is 0 Å². The molecule has 0 aromatic heterocycles. The van der Waals surface area contributed by atoms with Crippen LogP contribution in [0.5, 0.6) is 0 Å². The van der Waals surface area contributed by atoms with Crippen molar-refractivity contribution in [3.05, 3.63) is 35.4 Å². The first-order chi connectivity index (χ1) is 9.79. The lowest BCUT2D eigenvalue weighted by atomic mass is 9.96. The van der Waals surface area contributed by atoms with Crippen LogP contribution in [0.4, 0.5) is 0 Å². The van der Waals surface area contributed by atoms with E-state index in [4.69, 9.17) is 5.26 Å². The van der Waals surface area contributed by atoms with E-state index in [0.717, 1.165) is 5.56 Å². The molecule has 1 saturated carbocycles. The predicted octanol–water partition coefficient (Wildman–Crippen LogP) is 3.29. The average Bonchev–Trinajstić information content (AvgIpc) is 2.46. The normalized spacial score (nSPS) is 18.8. The lowest BCUT2D eigenvalue weighted by Gasteiger charge is -2.22. The third-order valence-corrected chi connectivity index (χ3v) is 4.13. The van der Waals surface area contributed by atoms with Crippen molar-refractivity contribution >= 4 is 0 Å². The summed E-state index contributed by atoms with van der Waals surface area (Å²) in [6.45, 7) is 0.594. The van der Waals surface area contributed by atoms with E-state index in [1.807, 2.05) is 12.1 Å². The highest BCUT2D eigenvalue weighted by Crippen LogP contribution is 2.18.